The first-order valence-corrected chi connectivity index (χ1v) is 7.34. The van der Waals surface area contributed by atoms with Crippen LogP contribution in [0.2, 0.25) is 0 Å². The average Bonchev–Trinajstić information content (AvgIpc) is 2.85. The molecule has 0 amide bonds. The first kappa shape index (κ1) is 13.8. The molecule has 0 unspecified atom stereocenters. The molecule has 0 atom stereocenters. The predicted molar refractivity (Wildman–Crippen MR) is 75.9 cm³/mol. The zero-order valence-corrected chi connectivity index (χ0v) is 11.8. The van der Waals surface area contributed by atoms with E-state index in [9.17, 15) is 9.59 Å². The van der Waals surface area contributed by atoms with Gasteiger partial charge in [-0.05, 0) is 6.92 Å². The lowest BCUT2D eigenvalue weighted by Gasteiger charge is -1.98. The van der Waals surface area contributed by atoms with Gasteiger partial charge in [0.25, 0.3) is 0 Å². The zero-order chi connectivity index (χ0) is 13.8. The molecule has 0 aliphatic rings. The Morgan fingerprint density at radius 3 is 2.58 bits per heavy atom. The summed E-state index contributed by atoms with van der Waals surface area (Å²) in [7, 11) is 0. The number of hydrogen-bond acceptors (Lipinski definition) is 5. The number of carboxylic acids is 1. The molecule has 0 fully saturated rings. The fourth-order valence-corrected chi connectivity index (χ4v) is 3.01. The Kier molecular flexibility index (Phi) is 4.34. The Bertz CT molecular complexity index is 605. The summed E-state index contributed by atoms with van der Waals surface area (Å²) in [6, 6.07) is 7.22. The minimum absolute atomic E-state index is 0.0101. The second kappa shape index (κ2) is 5.99. The molecule has 0 bridgehead atoms. The summed E-state index contributed by atoms with van der Waals surface area (Å²) in [5, 5.41) is 10.5. The summed E-state index contributed by atoms with van der Waals surface area (Å²) >= 11 is 2.62. The molecule has 0 radical (unpaired) electrons. The molecule has 19 heavy (non-hydrogen) atoms. The van der Waals surface area contributed by atoms with Crippen LogP contribution in [0.5, 0.6) is 0 Å². The van der Waals surface area contributed by atoms with Crippen LogP contribution in [-0.4, -0.2) is 27.6 Å². The van der Waals surface area contributed by atoms with Crippen LogP contribution < -0.4 is 0 Å². The van der Waals surface area contributed by atoms with E-state index in [1.165, 1.54) is 30.0 Å². The summed E-state index contributed by atoms with van der Waals surface area (Å²) in [6.45, 7) is 1.53. The summed E-state index contributed by atoms with van der Waals surface area (Å²) < 4.78 is 0.730. The van der Waals surface area contributed by atoms with Gasteiger partial charge < -0.3 is 5.11 Å². The second-order valence-corrected chi connectivity index (χ2v) is 5.90. The van der Waals surface area contributed by atoms with E-state index in [1.54, 1.807) is 12.1 Å². The number of hydrogen-bond donors (Lipinski definition) is 1. The van der Waals surface area contributed by atoms with Gasteiger partial charge in [-0.25, -0.2) is 4.98 Å². The third-order valence-electron chi connectivity index (χ3n) is 2.39. The van der Waals surface area contributed by atoms with E-state index in [1.807, 2.05) is 17.5 Å². The lowest BCUT2D eigenvalue weighted by atomic mass is 10.1. The number of aliphatic carboxylic acids is 1. The molecule has 0 saturated heterocycles. The molecule has 1 aromatic heterocycles. The van der Waals surface area contributed by atoms with Gasteiger partial charge in [0.1, 0.15) is 0 Å². The lowest BCUT2D eigenvalue weighted by molar-refractivity contribution is -0.133. The van der Waals surface area contributed by atoms with Crippen molar-refractivity contribution in [2.45, 2.75) is 11.3 Å². The van der Waals surface area contributed by atoms with Crippen molar-refractivity contribution in [3.8, 4) is 11.3 Å². The molecule has 2 aromatic rings. The molecule has 6 heteroatoms. The quantitative estimate of drug-likeness (QED) is 0.677. The van der Waals surface area contributed by atoms with Crippen molar-refractivity contribution in [3.63, 3.8) is 0 Å². The number of benzene rings is 1. The smallest absolute Gasteiger partial charge is 0.313 e. The molecule has 0 saturated carbocycles. The van der Waals surface area contributed by atoms with E-state index in [-0.39, 0.29) is 11.5 Å². The summed E-state index contributed by atoms with van der Waals surface area (Å²) in [5.41, 5.74) is 2.39. The molecule has 2 rings (SSSR count). The topological polar surface area (TPSA) is 67.3 Å². The lowest BCUT2D eigenvalue weighted by Crippen LogP contribution is -1.97. The van der Waals surface area contributed by atoms with E-state index in [0.29, 0.717) is 5.56 Å². The van der Waals surface area contributed by atoms with Crippen molar-refractivity contribution in [3.05, 3.63) is 35.2 Å². The standard InChI is InChI=1S/C13H11NO3S2/c1-8(15)9-2-4-10(5-3-9)11-6-18-13(14-11)19-7-12(16)17/h2-6H,7H2,1H3,(H,16,17). The highest BCUT2D eigenvalue weighted by Crippen LogP contribution is 2.28. The van der Waals surface area contributed by atoms with Crippen LogP contribution in [-0.2, 0) is 4.79 Å². The molecule has 0 spiro atoms. The predicted octanol–water partition coefficient (Wildman–Crippen LogP) is 3.19. The van der Waals surface area contributed by atoms with E-state index in [2.05, 4.69) is 4.98 Å². The third-order valence-corrected chi connectivity index (χ3v) is 4.40. The van der Waals surface area contributed by atoms with Crippen molar-refractivity contribution in [1.29, 1.82) is 0 Å². The van der Waals surface area contributed by atoms with Gasteiger partial charge in [-0.15, -0.1) is 11.3 Å². The Balaban J connectivity index is 2.13. The number of ketones is 1. The van der Waals surface area contributed by atoms with Gasteiger partial charge in [0.05, 0.1) is 11.4 Å². The van der Waals surface area contributed by atoms with Crippen LogP contribution in [0.3, 0.4) is 0 Å². The normalized spacial score (nSPS) is 10.4. The van der Waals surface area contributed by atoms with Gasteiger partial charge in [-0.1, -0.05) is 36.0 Å². The van der Waals surface area contributed by atoms with Crippen molar-refractivity contribution >= 4 is 34.9 Å². The van der Waals surface area contributed by atoms with Crippen LogP contribution >= 0.6 is 23.1 Å². The summed E-state index contributed by atoms with van der Waals surface area (Å²) in [6.07, 6.45) is 0. The van der Waals surface area contributed by atoms with Crippen LogP contribution in [0.25, 0.3) is 11.3 Å². The van der Waals surface area contributed by atoms with E-state index in [4.69, 9.17) is 5.11 Å². The monoisotopic (exact) mass is 293 g/mol. The minimum Gasteiger partial charge on any atom is -0.481 e. The molecule has 0 aliphatic heterocycles. The Labute approximate surface area is 118 Å². The number of carboxylic acid groups (broad SMARTS) is 1. The third kappa shape index (κ3) is 3.65. The maximum Gasteiger partial charge on any atom is 0.313 e. The van der Waals surface area contributed by atoms with Gasteiger partial charge in [-0.3, -0.25) is 9.59 Å². The molecule has 4 nitrogen and oxygen atoms in total. The molecule has 1 aromatic carbocycles. The second-order valence-electron chi connectivity index (χ2n) is 3.81. The SMILES string of the molecule is CC(=O)c1ccc(-c2csc(SCC(=O)O)n2)cc1. The minimum atomic E-state index is -0.854. The first-order valence-electron chi connectivity index (χ1n) is 5.48. The van der Waals surface area contributed by atoms with Crippen molar-refractivity contribution in [2.24, 2.45) is 0 Å². The van der Waals surface area contributed by atoms with Crippen LogP contribution in [0.15, 0.2) is 34.0 Å². The number of carbonyl (C=O) groups excluding carboxylic acids is 1. The summed E-state index contributed by atoms with van der Waals surface area (Å²) in [5.74, 6) is -0.814. The fraction of sp³-hybridized carbons (Fsp3) is 0.154. The maximum atomic E-state index is 11.2. The van der Waals surface area contributed by atoms with Crippen molar-refractivity contribution in [1.82, 2.24) is 4.98 Å². The number of rotatable bonds is 5. The number of carbonyl (C=O) groups is 2. The molecule has 1 N–H and O–H groups in total. The highest BCUT2D eigenvalue weighted by atomic mass is 32.2. The Hall–Kier alpha value is -1.66. The van der Waals surface area contributed by atoms with E-state index >= 15 is 0 Å². The molecular weight excluding hydrogens is 282 g/mol. The average molecular weight is 293 g/mol. The molecule has 98 valence electrons. The number of aromatic nitrogens is 1. The number of thioether (sulfide) groups is 1. The van der Waals surface area contributed by atoms with E-state index < -0.39 is 5.97 Å². The summed E-state index contributed by atoms with van der Waals surface area (Å²) in [4.78, 5) is 26.0. The number of Topliss-reactive ketones (excluding diaryl/α,β-unsaturated/α-hetero) is 1. The zero-order valence-electron chi connectivity index (χ0n) is 10.1. The van der Waals surface area contributed by atoms with Crippen LogP contribution in [0, 0.1) is 0 Å². The molecular formula is C13H11NO3S2. The van der Waals surface area contributed by atoms with Crippen LogP contribution in [0.4, 0.5) is 0 Å². The van der Waals surface area contributed by atoms with Gasteiger partial charge in [0, 0.05) is 16.5 Å². The van der Waals surface area contributed by atoms with Gasteiger partial charge in [0.15, 0.2) is 10.1 Å². The first-order chi connectivity index (χ1) is 9.06. The number of nitrogens with zero attached hydrogens (tertiary/aromatic N) is 1. The maximum absolute atomic E-state index is 11.2. The van der Waals surface area contributed by atoms with E-state index in [0.717, 1.165) is 15.6 Å². The Morgan fingerprint density at radius 1 is 1.32 bits per heavy atom. The van der Waals surface area contributed by atoms with Gasteiger partial charge in [-0.2, -0.15) is 0 Å². The highest BCUT2D eigenvalue weighted by Gasteiger charge is 2.07. The fourth-order valence-electron chi connectivity index (χ4n) is 1.46. The van der Waals surface area contributed by atoms with Crippen molar-refractivity contribution in [2.75, 3.05) is 5.75 Å². The molecule has 0 aliphatic carbocycles. The van der Waals surface area contributed by atoms with Gasteiger partial charge >= 0.3 is 5.97 Å². The van der Waals surface area contributed by atoms with Crippen LogP contribution in [0.1, 0.15) is 17.3 Å². The Morgan fingerprint density at radius 2 is 2.00 bits per heavy atom. The highest BCUT2D eigenvalue weighted by molar-refractivity contribution is 8.01. The van der Waals surface area contributed by atoms with Crippen molar-refractivity contribution < 1.29 is 14.7 Å². The number of thiazole rings is 1. The largest absolute Gasteiger partial charge is 0.481 e. The molecule has 1 heterocycles. The van der Waals surface area contributed by atoms with Gasteiger partial charge in [0.2, 0.25) is 0 Å².